The maximum absolute atomic E-state index is 12.4. The van der Waals surface area contributed by atoms with Crippen molar-refractivity contribution in [2.45, 2.75) is 84.2 Å². The second-order valence-corrected chi connectivity index (χ2v) is 9.78. The summed E-state index contributed by atoms with van der Waals surface area (Å²) in [6.07, 6.45) is 10.1. The SMILES string of the molecule is CC12CCC3C(CCC4C[C@](C)(O)CC[C@@]43C)C1CCC2=O. The Labute approximate surface area is 135 Å². The number of hydrogen-bond acceptors (Lipinski definition) is 2. The first kappa shape index (κ1) is 15.2. The fraction of sp³-hybridized carbons (Fsp3) is 0.950. The molecule has 2 nitrogen and oxygen atoms in total. The Balaban J connectivity index is 1.63. The highest BCUT2D eigenvalue weighted by Crippen LogP contribution is 2.66. The molecule has 1 N–H and O–H groups in total. The predicted octanol–water partition coefficient (Wildman–Crippen LogP) is 4.35. The smallest absolute Gasteiger partial charge is 0.139 e. The zero-order valence-corrected chi connectivity index (χ0v) is 14.5. The number of aliphatic hydroxyl groups is 1. The first-order valence-electron chi connectivity index (χ1n) is 9.52. The number of fused-ring (bicyclic) bond motifs is 5. The topological polar surface area (TPSA) is 37.3 Å². The Morgan fingerprint density at radius 3 is 2.50 bits per heavy atom. The molecule has 7 atom stereocenters. The zero-order chi connectivity index (χ0) is 15.8. The van der Waals surface area contributed by atoms with Crippen molar-refractivity contribution in [3.05, 3.63) is 0 Å². The Bertz CT molecular complexity index is 496. The first-order valence-corrected chi connectivity index (χ1v) is 9.52. The van der Waals surface area contributed by atoms with E-state index in [9.17, 15) is 9.90 Å². The number of rotatable bonds is 0. The van der Waals surface area contributed by atoms with Gasteiger partial charge in [0.15, 0.2) is 0 Å². The lowest BCUT2D eigenvalue weighted by Crippen LogP contribution is -2.55. The van der Waals surface area contributed by atoms with Crippen LogP contribution >= 0.6 is 0 Å². The van der Waals surface area contributed by atoms with E-state index in [4.69, 9.17) is 0 Å². The molecule has 4 aliphatic rings. The predicted molar refractivity (Wildman–Crippen MR) is 87.4 cm³/mol. The lowest BCUT2D eigenvalue weighted by molar-refractivity contribution is -0.151. The van der Waals surface area contributed by atoms with Crippen molar-refractivity contribution in [2.75, 3.05) is 0 Å². The van der Waals surface area contributed by atoms with Crippen molar-refractivity contribution in [1.29, 1.82) is 0 Å². The molecule has 5 unspecified atom stereocenters. The Hall–Kier alpha value is -0.370. The molecule has 0 aliphatic heterocycles. The van der Waals surface area contributed by atoms with E-state index in [-0.39, 0.29) is 5.41 Å². The van der Waals surface area contributed by atoms with E-state index in [1.807, 2.05) is 6.92 Å². The summed E-state index contributed by atoms with van der Waals surface area (Å²) in [4.78, 5) is 12.4. The second-order valence-electron chi connectivity index (χ2n) is 9.78. The zero-order valence-electron chi connectivity index (χ0n) is 14.5. The van der Waals surface area contributed by atoms with Gasteiger partial charge in [-0.05, 0) is 87.4 Å². The van der Waals surface area contributed by atoms with Crippen LogP contribution in [0.1, 0.15) is 78.6 Å². The first-order chi connectivity index (χ1) is 10.3. The van der Waals surface area contributed by atoms with Crippen LogP contribution in [0, 0.1) is 34.5 Å². The van der Waals surface area contributed by atoms with Gasteiger partial charge in [0.05, 0.1) is 5.60 Å². The normalized spacial score (nSPS) is 57.9. The quantitative estimate of drug-likeness (QED) is 0.722. The van der Waals surface area contributed by atoms with Crippen LogP contribution in [0.3, 0.4) is 0 Å². The van der Waals surface area contributed by atoms with E-state index in [0.717, 1.165) is 43.9 Å². The molecule has 4 aliphatic carbocycles. The maximum Gasteiger partial charge on any atom is 0.139 e. The van der Waals surface area contributed by atoms with Crippen LogP contribution in [0.5, 0.6) is 0 Å². The molecule has 0 aromatic carbocycles. The molecule has 2 heteroatoms. The molecular formula is C20H32O2. The lowest BCUT2D eigenvalue weighted by atomic mass is 9.44. The fourth-order valence-electron chi connectivity index (χ4n) is 7.20. The Kier molecular flexibility index (Phi) is 3.16. The van der Waals surface area contributed by atoms with E-state index in [0.29, 0.717) is 23.0 Å². The summed E-state index contributed by atoms with van der Waals surface area (Å²) in [5.74, 6) is 3.47. The van der Waals surface area contributed by atoms with Gasteiger partial charge in [-0.1, -0.05) is 13.8 Å². The molecule has 4 rings (SSSR count). The van der Waals surface area contributed by atoms with Gasteiger partial charge in [-0.2, -0.15) is 0 Å². The fourth-order valence-corrected chi connectivity index (χ4v) is 7.20. The molecule has 0 aromatic heterocycles. The van der Waals surface area contributed by atoms with Crippen LogP contribution in [-0.2, 0) is 4.79 Å². The lowest BCUT2D eigenvalue weighted by Gasteiger charge is -2.61. The molecule has 0 amide bonds. The maximum atomic E-state index is 12.4. The highest BCUT2D eigenvalue weighted by molar-refractivity contribution is 5.87. The minimum atomic E-state index is -0.441. The van der Waals surface area contributed by atoms with Crippen LogP contribution in [-0.4, -0.2) is 16.5 Å². The summed E-state index contributed by atoms with van der Waals surface area (Å²) in [5.41, 5.74) is -0.0217. The molecule has 4 saturated carbocycles. The van der Waals surface area contributed by atoms with Gasteiger partial charge < -0.3 is 5.11 Å². The number of carbonyl (C=O) groups excluding carboxylic acids is 1. The van der Waals surface area contributed by atoms with E-state index in [1.165, 1.54) is 25.7 Å². The van der Waals surface area contributed by atoms with Crippen molar-refractivity contribution < 1.29 is 9.90 Å². The molecule has 0 saturated heterocycles. The van der Waals surface area contributed by atoms with Gasteiger partial charge in [0.2, 0.25) is 0 Å². The van der Waals surface area contributed by atoms with Crippen LogP contribution in [0.2, 0.25) is 0 Å². The molecule has 4 fully saturated rings. The van der Waals surface area contributed by atoms with Gasteiger partial charge in [0.1, 0.15) is 5.78 Å². The van der Waals surface area contributed by atoms with Crippen molar-refractivity contribution in [1.82, 2.24) is 0 Å². The Morgan fingerprint density at radius 1 is 0.955 bits per heavy atom. The van der Waals surface area contributed by atoms with Crippen LogP contribution in [0.15, 0.2) is 0 Å². The number of ketones is 1. The summed E-state index contributed by atoms with van der Waals surface area (Å²) >= 11 is 0. The number of Topliss-reactive ketones (excluding diaryl/α,β-unsaturated/α-hetero) is 1. The molecule has 22 heavy (non-hydrogen) atoms. The van der Waals surface area contributed by atoms with Gasteiger partial charge in [0.25, 0.3) is 0 Å². The van der Waals surface area contributed by atoms with Crippen molar-refractivity contribution >= 4 is 5.78 Å². The van der Waals surface area contributed by atoms with Crippen molar-refractivity contribution in [3.8, 4) is 0 Å². The summed E-state index contributed by atoms with van der Waals surface area (Å²) in [6.45, 7) is 6.82. The third kappa shape index (κ3) is 1.92. The van der Waals surface area contributed by atoms with Gasteiger partial charge in [-0.25, -0.2) is 0 Å². The average molecular weight is 304 g/mol. The number of carbonyl (C=O) groups is 1. The van der Waals surface area contributed by atoms with Gasteiger partial charge in [0, 0.05) is 11.8 Å². The summed E-state index contributed by atoms with van der Waals surface area (Å²) < 4.78 is 0. The van der Waals surface area contributed by atoms with Gasteiger partial charge in [-0.3, -0.25) is 4.79 Å². The molecule has 0 spiro atoms. The van der Waals surface area contributed by atoms with Gasteiger partial charge in [-0.15, -0.1) is 0 Å². The summed E-state index contributed by atoms with van der Waals surface area (Å²) in [6, 6.07) is 0. The highest BCUT2D eigenvalue weighted by Gasteiger charge is 2.60. The van der Waals surface area contributed by atoms with Crippen LogP contribution in [0.25, 0.3) is 0 Å². The van der Waals surface area contributed by atoms with Crippen LogP contribution in [0.4, 0.5) is 0 Å². The third-order valence-corrected chi connectivity index (χ3v) is 8.66. The molecule has 0 heterocycles. The molecular weight excluding hydrogens is 272 g/mol. The average Bonchev–Trinajstić information content (AvgIpc) is 2.76. The van der Waals surface area contributed by atoms with Crippen LogP contribution < -0.4 is 0 Å². The van der Waals surface area contributed by atoms with E-state index >= 15 is 0 Å². The number of hydrogen-bond donors (Lipinski definition) is 1. The van der Waals surface area contributed by atoms with E-state index < -0.39 is 5.60 Å². The minimum absolute atomic E-state index is 0.00449. The summed E-state index contributed by atoms with van der Waals surface area (Å²) in [7, 11) is 0. The minimum Gasteiger partial charge on any atom is -0.390 e. The summed E-state index contributed by atoms with van der Waals surface area (Å²) in [5, 5.41) is 10.5. The monoisotopic (exact) mass is 304 g/mol. The molecule has 0 bridgehead atoms. The Morgan fingerprint density at radius 2 is 1.73 bits per heavy atom. The standard InChI is InChI=1S/C20H32O2/c1-18(22)10-11-19(2)13(12-18)4-5-14-15-6-7-17(21)20(15,3)9-8-16(14)19/h13-16,22H,4-12H2,1-3H3/t13?,14?,15?,16?,18-,19+,20?/m1/s1. The van der Waals surface area contributed by atoms with Crippen molar-refractivity contribution in [3.63, 3.8) is 0 Å². The van der Waals surface area contributed by atoms with Gasteiger partial charge >= 0.3 is 0 Å². The highest BCUT2D eigenvalue weighted by atomic mass is 16.3. The largest absolute Gasteiger partial charge is 0.390 e. The van der Waals surface area contributed by atoms with E-state index in [1.54, 1.807) is 0 Å². The van der Waals surface area contributed by atoms with E-state index in [2.05, 4.69) is 13.8 Å². The molecule has 124 valence electrons. The second kappa shape index (κ2) is 4.59. The molecule has 0 radical (unpaired) electrons. The van der Waals surface area contributed by atoms with Crippen molar-refractivity contribution in [2.24, 2.45) is 34.5 Å². The third-order valence-electron chi connectivity index (χ3n) is 8.66. The molecule has 0 aromatic rings.